The molecule has 0 aliphatic heterocycles. The van der Waals surface area contributed by atoms with Gasteiger partial charge < -0.3 is 5.32 Å². The molecule has 0 aromatic carbocycles. The molecule has 0 unspecified atom stereocenters. The highest BCUT2D eigenvalue weighted by Crippen LogP contribution is 2.03. The first kappa shape index (κ1) is 12.0. The van der Waals surface area contributed by atoms with E-state index >= 15 is 0 Å². The normalized spacial score (nSPS) is 9.31. The van der Waals surface area contributed by atoms with E-state index in [0.29, 0.717) is 6.54 Å². The van der Waals surface area contributed by atoms with E-state index < -0.39 is 0 Å². The van der Waals surface area contributed by atoms with Crippen molar-refractivity contribution in [1.82, 2.24) is 10.3 Å². The lowest BCUT2D eigenvalue weighted by Gasteiger charge is -2.04. The molecule has 0 spiro atoms. The quantitative estimate of drug-likeness (QED) is 0.350. The van der Waals surface area contributed by atoms with Gasteiger partial charge in [-0.2, -0.15) is 0 Å². The smallest absolute Gasteiger partial charge is 0.226 e. The fourth-order valence-electron chi connectivity index (χ4n) is 1.21. The van der Waals surface area contributed by atoms with Crippen LogP contribution in [0, 0.1) is 6.92 Å². The van der Waals surface area contributed by atoms with Gasteiger partial charge in [0, 0.05) is 24.2 Å². The number of carbonyl (C=O) groups is 1. The van der Waals surface area contributed by atoms with Crippen LogP contribution in [0.15, 0.2) is 23.4 Å². The summed E-state index contributed by atoms with van der Waals surface area (Å²) >= 11 is 0. The molecule has 0 fully saturated rings. The molecule has 0 radical (unpaired) electrons. The maximum Gasteiger partial charge on any atom is 0.226 e. The Labute approximate surface area is 93.3 Å². The average Bonchev–Trinajstić information content (AvgIpc) is 2.28. The first-order valence-corrected chi connectivity index (χ1v) is 4.92. The predicted molar refractivity (Wildman–Crippen MR) is 59.7 cm³/mol. The highest BCUT2D eigenvalue weighted by molar-refractivity contribution is 5.78. The lowest BCUT2D eigenvalue weighted by atomic mass is 10.1. The SMILES string of the molecule is Cc1cccnc1CC(=O)NCCN=[N+]=[N-]. The van der Waals surface area contributed by atoms with Gasteiger partial charge in [-0.25, -0.2) is 0 Å². The zero-order chi connectivity index (χ0) is 11.8. The summed E-state index contributed by atoms with van der Waals surface area (Å²) in [5, 5.41) is 5.97. The number of hydrogen-bond acceptors (Lipinski definition) is 3. The highest BCUT2D eigenvalue weighted by atomic mass is 16.1. The van der Waals surface area contributed by atoms with Gasteiger partial charge in [-0.1, -0.05) is 11.2 Å². The molecule has 0 atom stereocenters. The average molecular weight is 219 g/mol. The van der Waals surface area contributed by atoms with E-state index in [4.69, 9.17) is 5.53 Å². The van der Waals surface area contributed by atoms with Crippen molar-refractivity contribution in [3.8, 4) is 0 Å². The molecule has 0 saturated heterocycles. The second kappa shape index (κ2) is 6.42. The molecule has 6 nitrogen and oxygen atoms in total. The molecule has 1 N–H and O–H groups in total. The molecule has 16 heavy (non-hydrogen) atoms. The lowest BCUT2D eigenvalue weighted by molar-refractivity contribution is -0.120. The molecule has 1 heterocycles. The Morgan fingerprint density at radius 2 is 2.50 bits per heavy atom. The summed E-state index contributed by atoms with van der Waals surface area (Å²) in [6, 6.07) is 3.74. The van der Waals surface area contributed by atoms with Crippen LogP contribution in [0.5, 0.6) is 0 Å². The number of aryl methyl sites for hydroxylation is 1. The van der Waals surface area contributed by atoms with Crippen molar-refractivity contribution in [3.63, 3.8) is 0 Å². The summed E-state index contributed by atoms with van der Waals surface area (Å²) in [5.41, 5.74) is 9.80. The Balaban J connectivity index is 2.40. The highest BCUT2D eigenvalue weighted by Gasteiger charge is 2.05. The third-order valence-electron chi connectivity index (χ3n) is 2.04. The molecule has 0 aliphatic rings. The molecule has 0 bridgehead atoms. The first-order valence-electron chi connectivity index (χ1n) is 4.92. The van der Waals surface area contributed by atoms with Crippen LogP contribution >= 0.6 is 0 Å². The van der Waals surface area contributed by atoms with Crippen LogP contribution in [-0.2, 0) is 11.2 Å². The number of carbonyl (C=O) groups excluding carboxylic acids is 1. The Hall–Kier alpha value is -2.07. The van der Waals surface area contributed by atoms with Crippen LogP contribution in [0.4, 0.5) is 0 Å². The summed E-state index contributed by atoms with van der Waals surface area (Å²) in [6.45, 7) is 2.54. The Bertz CT molecular complexity index is 411. The summed E-state index contributed by atoms with van der Waals surface area (Å²) < 4.78 is 0. The number of aromatic nitrogens is 1. The van der Waals surface area contributed by atoms with E-state index in [1.165, 1.54) is 0 Å². The molecule has 6 heteroatoms. The number of rotatable bonds is 5. The third-order valence-corrected chi connectivity index (χ3v) is 2.04. The van der Waals surface area contributed by atoms with Gasteiger partial charge in [0.05, 0.1) is 12.1 Å². The Morgan fingerprint density at radius 1 is 1.69 bits per heavy atom. The van der Waals surface area contributed by atoms with Gasteiger partial charge in [0.15, 0.2) is 0 Å². The van der Waals surface area contributed by atoms with Crippen LogP contribution in [0.3, 0.4) is 0 Å². The zero-order valence-electron chi connectivity index (χ0n) is 9.05. The summed E-state index contributed by atoms with van der Waals surface area (Å²) in [5.74, 6) is -0.116. The zero-order valence-corrected chi connectivity index (χ0v) is 9.05. The maximum atomic E-state index is 11.4. The van der Waals surface area contributed by atoms with Gasteiger partial charge in [0.25, 0.3) is 0 Å². The minimum absolute atomic E-state index is 0.116. The third kappa shape index (κ3) is 3.98. The number of hydrogen-bond donors (Lipinski definition) is 1. The van der Waals surface area contributed by atoms with E-state index in [2.05, 4.69) is 20.3 Å². The molecule has 1 amide bonds. The van der Waals surface area contributed by atoms with Crippen molar-refractivity contribution >= 4 is 5.91 Å². The van der Waals surface area contributed by atoms with E-state index in [1.54, 1.807) is 6.20 Å². The van der Waals surface area contributed by atoms with Crippen LogP contribution < -0.4 is 5.32 Å². The van der Waals surface area contributed by atoms with Gasteiger partial charge in [-0.3, -0.25) is 9.78 Å². The Kier molecular flexibility index (Phi) is 4.82. The van der Waals surface area contributed by atoms with Gasteiger partial charge in [0.1, 0.15) is 0 Å². The number of azide groups is 1. The van der Waals surface area contributed by atoms with Gasteiger partial charge in [-0.05, 0) is 24.1 Å². The molecule has 84 valence electrons. The lowest BCUT2D eigenvalue weighted by Crippen LogP contribution is -2.28. The first-order chi connectivity index (χ1) is 7.74. The molecule has 1 aromatic rings. The molecular weight excluding hydrogens is 206 g/mol. The summed E-state index contributed by atoms with van der Waals surface area (Å²) in [4.78, 5) is 18.2. The Morgan fingerprint density at radius 3 is 3.19 bits per heavy atom. The van der Waals surface area contributed by atoms with Crippen molar-refractivity contribution in [2.24, 2.45) is 5.11 Å². The second-order valence-corrected chi connectivity index (χ2v) is 3.25. The maximum absolute atomic E-state index is 11.4. The number of nitrogens with zero attached hydrogens (tertiary/aromatic N) is 4. The molecule has 0 aliphatic carbocycles. The van der Waals surface area contributed by atoms with Crippen LogP contribution in [0.2, 0.25) is 0 Å². The molecule has 1 aromatic heterocycles. The fraction of sp³-hybridized carbons (Fsp3) is 0.400. The second-order valence-electron chi connectivity index (χ2n) is 3.25. The van der Waals surface area contributed by atoms with Crippen molar-refractivity contribution < 1.29 is 4.79 Å². The van der Waals surface area contributed by atoms with E-state index in [0.717, 1.165) is 11.3 Å². The van der Waals surface area contributed by atoms with Crippen molar-refractivity contribution in [3.05, 3.63) is 40.0 Å². The molecule has 0 saturated carbocycles. The van der Waals surface area contributed by atoms with E-state index in [9.17, 15) is 4.79 Å². The van der Waals surface area contributed by atoms with Gasteiger partial charge >= 0.3 is 0 Å². The van der Waals surface area contributed by atoms with Crippen molar-refractivity contribution in [1.29, 1.82) is 0 Å². The summed E-state index contributed by atoms with van der Waals surface area (Å²) in [6.07, 6.45) is 1.92. The van der Waals surface area contributed by atoms with E-state index in [-0.39, 0.29) is 18.9 Å². The topological polar surface area (TPSA) is 90.8 Å². The standard InChI is InChI=1S/C10H13N5O/c1-8-3-2-4-12-9(8)7-10(16)13-5-6-14-15-11/h2-4H,5-7H2,1H3,(H,13,16). The minimum atomic E-state index is -0.116. The van der Waals surface area contributed by atoms with E-state index in [1.807, 2.05) is 19.1 Å². The van der Waals surface area contributed by atoms with Crippen LogP contribution in [0.25, 0.3) is 10.4 Å². The van der Waals surface area contributed by atoms with Gasteiger partial charge in [-0.15, -0.1) is 0 Å². The number of nitrogens with one attached hydrogen (secondary N) is 1. The van der Waals surface area contributed by atoms with Crippen molar-refractivity contribution in [2.75, 3.05) is 13.1 Å². The van der Waals surface area contributed by atoms with Crippen LogP contribution in [-0.4, -0.2) is 24.0 Å². The van der Waals surface area contributed by atoms with Crippen molar-refractivity contribution in [2.45, 2.75) is 13.3 Å². The fourth-order valence-corrected chi connectivity index (χ4v) is 1.21. The molecule has 1 rings (SSSR count). The molecular formula is C10H13N5O. The number of pyridine rings is 1. The van der Waals surface area contributed by atoms with Gasteiger partial charge in [0.2, 0.25) is 5.91 Å². The van der Waals surface area contributed by atoms with Crippen LogP contribution in [0.1, 0.15) is 11.3 Å². The predicted octanol–water partition coefficient (Wildman–Crippen LogP) is 1.36. The number of amides is 1. The summed E-state index contributed by atoms with van der Waals surface area (Å²) in [7, 11) is 0. The largest absolute Gasteiger partial charge is 0.356 e. The monoisotopic (exact) mass is 219 g/mol. The minimum Gasteiger partial charge on any atom is -0.356 e.